The first-order valence-corrected chi connectivity index (χ1v) is 8.10. The average molecular weight is 268 g/mol. The predicted molar refractivity (Wildman–Crippen MR) is 80.8 cm³/mol. The molecule has 0 aromatic carbocycles. The van der Waals surface area contributed by atoms with Crippen LogP contribution in [0, 0.1) is 17.8 Å². The number of carbonyl (C=O) groups excluding carboxylic acids is 1. The van der Waals surface area contributed by atoms with Gasteiger partial charge in [0.15, 0.2) is 0 Å². The molecule has 0 spiro atoms. The van der Waals surface area contributed by atoms with Gasteiger partial charge in [-0.05, 0) is 50.0 Å². The second-order valence-corrected chi connectivity index (χ2v) is 6.43. The maximum atomic E-state index is 11.9. The van der Waals surface area contributed by atoms with E-state index in [2.05, 4.69) is 19.2 Å². The first kappa shape index (κ1) is 16.5. The smallest absolute Gasteiger partial charge is 0.220 e. The molecule has 1 aliphatic carbocycles. The number of carbonyl (C=O) groups is 1. The number of hydrogen-bond donors (Lipinski definition) is 2. The van der Waals surface area contributed by atoms with Crippen LogP contribution in [0.15, 0.2) is 0 Å². The number of hydrogen-bond acceptors (Lipinski definition) is 2. The second kappa shape index (κ2) is 9.35. The highest BCUT2D eigenvalue weighted by atomic mass is 16.1. The quantitative estimate of drug-likeness (QED) is 0.711. The number of nitrogens with one attached hydrogen (secondary N) is 1. The van der Waals surface area contributed by atoms with Crippen molar-refractivity contribution in [3.8, 4) is 0 Å². The maximum Gasteiger partial charge on any atom is 0.220 e. The standard InChI is InChI=1S/C16H32N2O/c1-13(2)15(10-11-17)8-9-16(19)18-12-14-6-4-3-5-7-14/h13-15H,3-12,17H2,1-2H3,(H,18,19). The van der Waals surface area contributed by atoms with Crippen LogP contribution >= 0.6 is 0 Å². The van der Waals surface area contributed by atoms with Crippen molar-refractivity contribution in [2.75, 3.05) is 13.1 Å². The zero-order chi connectivity index (χ0) is 14.1. The topological polar surface area (TPSA) is 55.1 Å². The monoisotopic (exact) mass is 268 g/mol. The minimum Gasteiger partial charge on any atom is -0.356 e. The Hall–Kier alpha value is -0.570. The molecule has 0 aromatic heterocycles. The van der Waals surface area contributed by atoms with Crippen molar-refractivity contribution in [2.24, 2.45) is 23.5 Å². The molecule has 1 atom stereocenters. The van der Waals surface area contributed by atoms with Crippen LogP contribution < -0.4 is 11.1 Å². The first-order chi connectivity index (χ1) is 9.13. The molecule has 1 aliphatic rings. The summed E-state index contributed by atoms with van der Waals surface area (Å²) >= 11 is 0. The predicted octanol–water partition coefficient (Wildman–Crippen LogP) is 3.08. The lowest BCUT2D eigenvalue weighted by Gasteiger charge is -2.22. The molecule has 0 heterocycles. The van der Waals surface area contributed by atoms with Crippen LogP contribution in [0.1, 0.15) is 65.2 Å². The third-order valence-corrected chi connectivity index (χ3v) is 4.54. The van der Waals surface area contributed by atoms with E-state index in [9.17, 15) is 4.79 Å². The average Bonchev–Trinajstić information content (AvgIpc) is 2.42. The van der Waals surface area contributed by atoms with E-state index in [-0.39, 0.29) is 5.91 Å². The van der Waals surface area contributed by atoms with E-state index < -0.39 is 0 Å². The second-order valence-electron chi connectivity index (χ2n) is 6.43. The van der Waals surface area contributed by atoms with Crippen molar-refractivity contribution in [2.45, 2.75) is 65.2 Å². The van der Waals surface area contributed by atoms with E-state index in [4.69, 9.17) is 5.73 Å². The lowest BCUT2D eigenvalue weighted by atomic mass is 9.88. The fourth-order valence-corrected chi connectivity index (χ4v) is 3.08. The molecule has 0 saturated heterocycles. The van der Waals surface area contributed by atoms with Crippen molar-refractivity contribution in [1.82, 2.24) is 5.32 Å². The molecule has 1 saturated carbocycles. The van der Waals surface area contributed by atoms with Gasteiger partial charge in [-0.15, -0.1) is 0 Å². The van der Waals surface area contributed by atoms with Gasteiger partial charge >= 0.3 is 0 Å². The summed E-state index contributed by atoms with van der Waals surface area (Å²) in [7, 11) is 0. The highest BCUT2D eigenvalue weighted by Crippen LogP contribution is 2.23. The van der Waals surface area contributed by atoms with E-state index in [1.807, 2.05) is 0 Å². The summed E-state index contributed by atoms with van der Waals surface area (Å²) in [6.45, 7) is 6.06. The Bertz CT molecular complexity index is 247. The lowest BCUT2D eigenvalue weighted by Crippen LogP contribution is -2.30. The first-order valence-electron chi connectivity index (χ1n) is 8.10. The Labute approximate surface area is 118 Å². The van der Waals surface area contributed by atoms with E-state index in [1.165, 1.54) is 32.1 Å². The van der Waals surface area contributed by atoms with Gasteiger partial charge < -0.3 is 11.1 Å². The fourth-order valence-electron chi connectivity index (χ4n) is 3.08. The van der Waals surface area contributed by atoms with E-state index >= 15 is 0 Å². The lowest BCUT2D eigenvalue weighted by molar-refractivity contribution is -0.121. The molecule has 1 rings (SSSR count). The van der Waals surface area contributed by atoms with Gasteiger partial charge in [0, 0.05) is 13.0 Å². The summed E-state index contributed by atoms with van der Waals surface area (Å²) in [5.41, 5.74) is 5.63. The summed E-state index contributed by atoms with van der Waals surface area (Å²) in [5.74, 6) is 2.16. The van der Waals surface area contributed by atoms with Gasteiger partial charge in [-0.25, -0.2) is 0 Å². The molecule has 1 amide bonds. The van der Waals surface area contributed by atoms with Gasteiger partial charge in [0.25, 0.3) is 0 Å². The molecular formula is C16H32N2O. The van der Waals surface area contributed by atoms with E-state index in [0.29, 0.717) is 18.3 Å². The SMILES string of the molecule is CC(C)C(CCN)CCC(=O)NCC1CCCCC1. The minimum absolute atomic E-state index is 0.230. The highest BCUT2D eigenvalue weighted by Gasteiger charge is 2.16. The molecule has 3 N–H and O–H groups in total. The molecule has 1 unspecified atom stereocenters. The largest absolute Gasteiger partial charge is 0.356 e. The summed E-state index contributed by atoms with van der Waals surface area (Å²) in [5, 5.41) is 3.12. The number of rotatable bonds is 8. The Morgan fingerprint density at radius 3 is 2.47 bits per heavy atom. The number of nitrogens with two attached hydrogens (primary N) is 1. The molecule has 1 fully saturated rings. The molecule has 19 heavy (non-hydrogen) atoms. The van der Waals surface area contributed by atoms with Crippen molar-refractivity contribution < 1.29 is 4.79 Å². The summed E-state index contributed by atoms with van der Waals surface area (Å²) in [6, 6.07) is 0. The normalized spacial score (nSPS) is 18.5. The van der Waals surface area contributed by atoms with Crippen LogP contribution in [0.3, 0.4) is 0 Å². The minimum atomic E-state index is 0.230. The zero-order valence-electron chi connectivity index (χ0n) is 12.8. The van der Waals surface area contributed by atoms with Gasteiger partial charge in [-0.3, -0.25) is 4.79 Å². The van der Waals surface area contributed by atoms with Crippen molar-refractivity contribution >= 4 is 5.91 Å². The van der Waals surface area contributed by atoms with Crippen LogP contribution in [0.25, 0.3) is 0 Å². The molecular weight excluding hydrogens is 236 g/mol. The molecule has 3 heteroatoms. The highest BCUT2D eigenvalue weighted by molar-refractivity contribution is 5.75. The van der Waals surface area contributed by atoms with Gasteiger partial charge in [0.2, 0.25) is 5.91 Å². The van der Waals surface area contributed by atoms with Crippen LogP contribution in [-0.2, 0) is 4.79 Å². The van der Waals surface area contributed by atoms with E-state index in [1.54, 1.807) is 0 Å². The van der Waals surface area contributed by atoms with Crippen molar-refractivity contribution in [3.63, 3.8) is 0 Å². The van der Waals surface area contributed by atoms with Gasteiger partial charge in [0.1, 0.15) is 0 Å². The van der Waals surface area contributed by atoms with Crippen LogP contribution in [0.2, 0.25) is 0 Å². The van der Waals surface area contributed by atoms with Crippen molar-refractivity contribution in [3.05, 3.63) is 0 Å². The summed E-state index contributed by atoms with van der Waals surface area (Å²) in [4.78, 5) is 11.9. The Morgan fingerprint density at radius 2 is 1.89 bits per heavy atom. The third kappa shape index (κ3) is 6.95. The molecule has 0 aliphatic heterocycles. The Balaban J connectivity index is 2.15. The molecule has 0 bridgehead atoms. The Morgan fingerprint density at radius 1 is 1.21 bits per heavy atom. The van der Waals surface area contributed by atoms with Crippen molar-refractivity contribution in [1.29, 1.82) is 0 Å². The fraction of sp³-hybridized carbons (Fsp3) is 0.938. The Kier molecular flexibility index (Phi) is 8.11. The van der Waals surface area contributed by atoms with Crippen LogP contribution in [-0.4, -0.2) is 19.0 Å². The van der Waals surface area contributed by atoms with Gasteiger partial charge in [-0.1, -0.05) is 33.1 Å². The van der Waals surface area contributed by atoms with Crippen LogP contribution in [0.4, 0.5) is 0 Å². The van der Waals surface area contributed by atoms with E-state index in [0.717, 1.165) is 31.8 Å². The third-order valence-electron chi connectivity index (χ3n) is 4.54. The summed E-state index contributed by atoms with van der Waals surface area (Å²) < 4.78 is 0. The molecule has 112 valence electrons. The molecule has 0 aromatic rings. The van der Waals surface area contributed by atoms with Gasteiger partial charge in [-0.2, -0.15) is 0 Å². The zero-order valence-corrected chi connectivity index (χ0v) is 12.8. The van der Waals surface area contributed by atoms with Gasteiger partial charge in [0.05, 0.1) is 0 Å². The number of amides is 1. The molecule has 0 radical (unpaired) electrons. The van der Waals surface area contributed by atoms with Crippen LogP contribution in [0.5, 0.6) is 0 Å². The molecule has 3 nitrogen and oxygen atoms in total. The summed E-state index contributed by atoms with van der Waals surface area (Å²) in [6.07, 6.45) is 9.32. The maximum absolute atomic E-state index is 11.9.